The molecule has 0 aromatic heterocycles. The van der Waals surface area contributed by atoms with E-state index in [9.17, 15) is 22.4 Å². The molecule has 1 fully saturated rings. The minimum absolute atomic E-state index is 0.0260. The molecule has 8 nitrogen and oxygen atoms in total. The van der Waals surface area contributed by atoms with Gasteiger partial charge in [0.1, 0.15) is 11.9 Å². The predicted octanol–water partition coefficient (Wildman–Crippen LogP) is 2.38. The molecule has 1 saturated carbocycles. The maximum Gasteiger partial charge on any atom is 0.242 e. The van der Waals surface area contributed by atoms with E-state index in [1.54, 1.807) is 31.2 Å². The van der Waals surface area contributed by atoms with Crippen LogP contribution in [0, 0.1) is 5.82 Å². The molecular formula is C25H32FN3O5S. The van der Waals surface area contributed by atoms with Crippen LogP contribution in [-0.2, 0) is 37.3 Å². The molecule has 2 aromatic carbocycles. The molecule has 0 saturated heterocycles. The summed E-state index contributed by atoms with van der Waals surface area (Å²) in [7, 11) is -2.00. The van der Waals surface area contributed by atoms with Gasteiger partial charge in [-0.1, -0.05) is 24.3 Å². The molecule has 2 N–H and O–H groups in total. The van der Waals surface area contributed by atoms with Gasteiger partial charge < -0.3 is 15.0 Å². The minimum atomic E-state index is -3.53. The predicted molar refractivity (Wildman–Crippen MR) is 129 cm³/mol. The van der Waals surface area contributed by atoms with E-state index in [1.165, 1.54) is 36.3 Å². The molecule has 0 bridgehead atoms. The Balaban J connectivity index is 1.65. The van der Waals surface area contributed by atoms with Crippen LogP contribution in [0.5, 0.6) is 0 Å². The molecule has 0 aliphatic heterocycles. The summed E-state index contributed by atoms with van der Waals surface area (Å²) in [4.78, 5) is 27.4. The lowest BCUT2D eigenvalue weighted by Gasteiger charge is -2.29. The summed E-state index contributed by atoms with van der Waals surface area (Å²) in [6.07, 6.45) is 2.23. The van der Waals surface area contributed by atoms with Crippen molar-refractivity contribution in [2.45, 2.75) is 56.1 Å². The van der Waals surface area contributed by atoms with E-state index in [2.05, 4.69) is 10.0 Å². The number of ether oxygens (including phenoxy) is 1. The molecule has 3 rings (SSSR count). The molecule has 2 amide bonds. The van der Waals surface area contributed by atoms with Gasteiger partial charge in [-0.2, -0.15) is 0 Å². The number of methoxy groups -OCH3 is 1. The third-order valence-electron chi connectivity index (χ3n) is 5.80. The molecule has 1 atom stereocenters. The van der Waals surface area contributed by atoms with E-state index in [0.29, 0.717) is 25.1 Å². The molecule has 1 unspecified atom stereocenters. The number of nitrogens with zero attached hydrogens (tertiary/aromatic N) is 1. The SMILES string of the molecule is COCCNC(=O)C(C)N(Cc1ccc(F)cc1)C(=O)CCc1ccc(S(=O)(=O)NC2CC2)cc1. The monoisotopic (exact) mass is 505 g/mol. The smallest absolute Gasteiger partial charge is 0.242 e. The summed E-state index contributed by atoms with van der Waals surface area (Å²) < 4.78 is 45.6. The Morgan fingerprint density at radius 2 is 1.71 bits per heavy atom. The summed E-state index contributed by atoms with van der Waals surface area (Å²) in [6.45, 7) is 2.48. The summed E-state index contributed by atoms with van der Waals surface area (Å²) in [6, 6.07) is 11.5. The summed E-state index contributed by atoms with van der Waals surface area (Å²) in [5, 5.41) is 2.74. The van der Waals surface area contributed by atoms with Gasteiger partial charge >= 0.3 is 0 Å². The van der Waals surface area contributed by atoms with E-state index in [1.807, 2.05) is 0 Å². The Labute approximate surface area is 205 Å². The van der Waals surface area contributed by atoms with Crippen molar-refractivity contribution in [1.29, 1.82) is 0 Å². The quantitative estimate of drug-likeness (QED) is 0.407. The Bertz CT molecular complexity index is 1100. The van der Waals surface area contributed by atoms with Crippen molar-refractivity contribution in [2.24, 2.45) is 0 Å². The van der Waals surface area contributed by atoms with E-state index in [-0.39, 0.29) is 41.5 Å². The fourth-order valence-corrected chi connectivity index (χ4v) is 4.82. The van der Waals surface area contributed by atoms with Crippen LogP contribution in [-0.4, -0.2) is 57.5 Å². The number of benzene rings is 2. The standard InChI is InChI=1S/C25H32FN3O5S/c1-18(25(31)27-15-16-34-2)29(17-20-3-8-21(26)9-4-20)24(30)14-7-19-5-12-23(13-6-19)35(32,33)28-22-10-11-22/h3-6,8-9,12-13,18,22,28H,7,10-11,14-17H2,1-2H3,(H,27,31). The van der Waals surface area contributed by atoms with E-state index in [4.69, 9.17) is 4.74 Å². The first kappa shape index (κ1) is 26.8. The van der Waals surface area contributed by atoms with Crippen molar-refractivity contribution in [3.05, 3.63) is 65.5 Å². The fraction of sp³-hybridized carbons (Fsp3) is 0.440. The molecule has 1 aliphatic rings. The van der Waals surface area contributed by atoms with Crippen LogP contribution >= 0.6 is 0 Å². The van der Waals surface area contributed by atoms with Crippen molar-refractivity contribution in [2.75, 3.05) is 20.3 Å². The number of sulfonamides is 1. The second kappa shape index (κ2) is 12.2. The highest BCUT2D eigenvalue weighted by molar-refractivity contribution is 7.89. The zero-order valence-corrected chi connectivity index (χ0v) is 20.8. The summed E-state index contributed by atoms with van der Waals surface area (Å²) >= 11 is 0. The highest BCUT2D eigenvalue weighted by atomic mass is 32.2. The van der Waals surface area contributed by atoms with E-state index >= 15 is 0 Å². The number of aryl methyl sites for hydroxylation is 1. The Morgan fingerprint density at radius 3 is 2.31 bits per heavy atom. The Hall–Kier alpha value is -2.82. The van der Waals surface area contributed by atoms with Gasteiger partial charge in [-0.25, -0.2) is 17.5 Å². The third kappa shape index (κ3) is 8.12. The number of halogens is 1. The molecule has 0 spiro atoms. The Kier molecular flexibility index (Phi) is 9.36. The van der Waals surface area contributed by atoms with Crippen LogP contribution in [0.1, 0.15) is 37.3 Å². The minimum Gasteiger partial charge on any atom is -0.383 e. The molecule has 2 aromatic rings. The number of nitrogens with one attached hydrogen (secondary N) is 2. The first-order valence-electron chi connectivity index (χ1n) is 11.6. The lowest BCUT2D eigenvalue weighted by atomic mass is 10.1. The largest absolute Gasteiger partial charge is 0.383 e. The second-order valence-corrected chi connectivity index (χ2v) is 10.4. The topological polar surface area (TPSA) is 105 Å². The van der Waals surface area contributed by atoms with Gasteiger partial charge in [0.05, 0.1) is 11.5 Å². The molecule has 10 heteroatoms. The number of carbonyl (C=O) groups is 2. The van der Waals surface area contributed by atoms with Gasteiger partial charge in [0.2, 0.25) is 21.8 Å². The lowest BCUT2D eigenvalue weighted by molar-refractivity contribution is -0.140. The van der Waals surface area contributed by atoms with Gasteiger partial charge in [-0.15, -0.1) is 0 Å². The van der Waals surface area contributed by atoms with Gasteiger partial charge in [0.15, 0.2) is 0 Å². The zero-order valence-electron chi connectivity index (χ0n) is 20.0. The molecular weight excluding hydrogens is 473 g/mol. The first-order chi connectivity index (χ1) is 16.7. The van der Waals surface area contributed by atoms with Gasteiger partial charge in [-0.05, 0) is 61.6 Å². The highest BCUT2D eigenvalue weighted by Gasteiger charge is 2.28. The number of amides is 2. The van der Waals surface area contributed by atoms with E-state index in [0.717, 1.165) is 18.4 Å². The van der Waals surface area contributed by atoms with Crippen molar-refractivity contribution < 1.29 is 27.1 Å². The van der Waals surface area contributed by atoms with Crippen LogP contribution in [0.2, 0.25) is 0 Å². The Morgan fingerprint density at radius 1 is 1.09 bits per heavy atom. The molecule has 35 heavy (non-hydrogen) atoms. The van der Waals surface area contributed by atoms with Crippen LogP contribution in [0.15, 0.2) is 53.4 Å². The molecule has 0 heterocycles. The van der Waals surface area contributed by atoms with Gasteiger partial charge in [0, 0.05) is 32.7 Å². The van der Waals surface area contributed by atoms with Crippen LogP contribution < -0.4 is 10.0 Å². The number of hydrogen-bond acceptors (Lipinski definition) is 5. The van der Waals surface area contributed by atoms with Crippen LogP contribution in [0.3, 0.4) is 0 Å². The molecule has 0 radical (unpaired) electrons. The van der Waals surface area contributed by atoms with Crippen molar-refractivity contribution in [3.8, 4) is 0 Å². The average molecular weight is 506 g/mol. The first-order valence-corrected chi connectivity index (χ1v) is 13.1. The van der Waals surface area contributed by atoms with Crippen LogP contribution in [0.25, 0.3) is 0 Å². The van der Waals surface area contributed by atoms with Crippen molar-refractivity contribution >= 4 is 21.8 Å². The van der Waals surface area contributed by atoms with Crippen molar-refractivity contribution in [3.63, 3.8) is 0 Å². The highest BCUT2D eigenvalue weighted by Crippen LogP contribution is 2.22. The third-order valence-corrected chi connectivity index (χ3v) is 7.34. The average Bonchev–Trinajstić information content (AvgIpc) is 3.65. The van der Waals surface area contributed by atoms with Crippen LogP contribution in [0.4, 0.5) is 4.39 Å². The van der Waals surface area contributed by atoms with Crippen molar-refractivity contribution in [1.82, 2.24) is 14.9 Å². The number of rotatable bonds is 13. The van der Waals surface area contributed by atoms with Gasteiger partial charge in [-0.3, -0.25) is 9.59 Å². The molecule has 190 valence electrons. The normalized spacial score (nSPS) is 14.4. The fourth-order valence-electron chi connectivity index (χ4n) is 3.51. The van der Waals surface area contributed by atoms with Gasteiger partial charge in [0.25, 0.3) is 0 Å². The lowest BCUT2D eigenvalue weighted by Crippen LogP contribution is -2.48. The number of carbonyl (C=O) groups excluding carboxylic acids is 2. The maximum absolute atomic E-state index is 13.3. The summed E-state index contributed by atoms with van der Waals surface area (Å²) in [5.74, 6) is -0.930. The second-order valence-electron chi connectivity index (χ2n) is 8.65. The number of hydrogen-bond donors (Lipinski definition) is 2. The van der Waals surface area contributed by atoms with E-state index < -0.39 is 16.1 Å². The maximum atomic E-state index is 13.3. The molecule has 1 aliphatic carbocycles. The zero-order chi connectivity index (χ0) is 25.4. The summed E-state index contributed by atoms with van der Waals surface area (Å²) in [5.41, 5.74) is 1.51.